The smallest absolute Gasteiger partial charge is 0.353 e. The molecule has 1 heterocycles. The van der Waals surface area contributed by atoms with Crippen molar-refractivity contribution in [3.63, 3.8) is 0 Å². The Hall–Kier alpha value is -2.63. The third kappa shape index (κ3) is 2.37. The Balaban J connectivity index is 2.19. The van der Waals surface area contributed by atoms with E-state index in [1.54, 1.807) is 24.3 Å². The van der Waals surface area contributed by atoms with Gasteiger partial charge in [0.2, 0.25) is 6.79 Å². The van der Waals surface area contributed by atoms with E-state index < -0.39 is 5.97 Å². The molecule has 0 spiro atoms. The summed E-state index contributed by atoms with van der Waals surface area (Å²) in [4.78, 5) is 10.6. The zero-order chi connectivity index (χ0) is 13.1. The molecule has 0 unspecified atom stereocenters. The van der Waals surface area contributed by atoms with E-state index in [-0.39, 0.29) is 18.2 Å². The SMILES string of the molecule is NC(C=Cc1ccc2c(c1)OCO2)=C(N)C(=O)O. The van der Waals surface area contributed by atoms with Crippen molar-refractivity contribution in [3.05, 3.63) is 41.2 Å². The summed E-state index contributed by atoms with van der Waals surface area (Å²) in [5.74, 6) is 0.0782. The molecule has 0 saturated heterocycles. The zero-order valence-corrected chi connectivity index (χ0v) is 9.42. The third-order valence-electron chi connectivity index (χ3n) is 2.39. The van der Waals surface area contributed by atoms with Crippen LogP contribution in [0.25, 0.3) is 6.08 Å². The largest absolute Gasteiger partial charge is 0.477 e. The van der Waals surface area contributed by atoms with Crippen molar-refractivity contribution in [2.24, 2.45) is 11.5 Å². The number of fused-ring (bicyclic) bond motifs is 1. The lowest BCUT2D eigenvalue weighted by atomic mass is 10.1. The Labute approximate surface area is 103 Å². The van der Waals surface area contributed by atoms with Gasteiger partial charge in [-0.05, 0) is 23.8 Å². The van der Waals surface area contributed by atoms with Crippen LogP contribution >= 0.6 is 0 Å². The Bertz CT molecular complexity index is 549. The number of ether oxygens (including phenoxy) is 2. The van der Waals surface area contributed by atoms with Gasteiger partial charge in [0.25, 0.3) is 0 Å². The summed E-state index contributed by atoms with van der Waals surface area (Å²) in [5, 5.41) is 8.64. The first-order chi connectivity index (χ1) is 8.58. The van der Waals surface area contributed by atoms with Crippen molar-refractivity contribution in [3.8, 4) is 11.5 Å². The fraction of sp³-hybridized carbons (Fsp3) is 0.0833. The van der Waals surface area contributed by atoms with E-state index in [2.05, 4.69) is 0 Å². The highest BCUT2D eigenvalue weighted by molar-refractivity contribution is 5.87. The monoisotopic (exact) mass is 248 g/mol. The molecule has 0 amide bonds. The number of hydrogen-bond acceptors (Lipinski definition) is 5. The summed E-state index contributed by atoms with van der Waals surface area (Å²) in [7, 11) is 0. The van der Waals surface area contributed by atoms with E-state index in [9.17, 15) is 4.79 Å². The van der Waals surface area contributed by atoms with Crippen LogP contribution in [0.3, 0.4) is 0 Å². The molecule has 0 atom stereocenters. The van der Waals surface area contributed by atoms with Gasteiger partial charge in [0, 0.05) is 0 Å². The summed E-state index contributed by atoms with van der Waals surface area (Å²) in [6.07, 6.45) is 3.08. The number of carboxylic acids is 1. The first kappa shape index (κ1) is 11.8. The second kappa shape index (κ2) is 4.70. The molecule has 1 aliphatic heterocycles. The Morgan fingerprint density at radius 1 is 1.28 bits per heavy atom. The molecule has 6 nitrogen and oxygen atoms in total. The van der Waals surface area contributed by atoms with Gasteiger partial charge in [-0.15, -0.1) is 0 Å². The molecule has 0 bridgehead atoms. The Morgan fingerprint density at radius 2 is 2.00 bits per heavy atom. The van der Waals surface area contributed by atoms with Gasteiger partial charge >= 0.3 is 5.97 Å². The van der Waals surface area contributed by atoms with Crippen LogP contribution in [-0.4, -0.2) is 17.9 Å². The molecule has 1 aromatic carbocycles. The predicted octanol–water partition coefficient (Wildman–Crippen LogP) is 0.642. The molecule has 0 saturated carbocycles. The minimum atomic E-state index is -1.25. The van der Waals surface area contributed by atoms with Crippen LogP contribution in [0.2, 0.25) is 0 Å². The van der Waals surface area contributed by atoms with Crippen LogP contribution in [0.1, 0.15) is 5.56 Å². The zero-order valence-electron chi connectivity index (χ0n) is 9.42. The quantitative estimate of drug-likeness (QED) is 0.535. The van der Waals surface area contributed by atoms with Crippen molar-refractivity contribution in [1.82, 2.24) is 0 Å². The van der Waals surface area contributed by atoms with Crippen LogP contribution in [0.5, 0.6) is 11.5 Å². The number of carboxylic acid groups (broad SMARTS) is 1. The van der Waals surface area contributed by atoms with E-state index in [0.717, 1.165) is 5.56 Å². The molecule has 0 radical (unpaired) electrons. The summed E-state index contributed by atoms with van der Waals surface area (Å²) in [6.45, 7) is 0.205. The second-order valence-corrected chi connectivity index (χ2v) is 3.62. The van der Waals surface area contributed by atoms with Crippen LogP contribution in [-0.2, 0) is 4.79 Å². The van der Waals surface area contributed by atoms with Crippen molar-refractivity contribution < 1.29 is 19.4 Å². The first-order valence-electron chi connectivity index (χ1n) is 5.14. The standard InChI is InChI=1S/C12H12N2O4/c13-8(11(14)12(15)16)3-1-7-2-4-9-10(5-7)18-6-17-9/h1-5H,6,13-14H2,(H,15,16). The van der Waals surface area contributed by atoms with Gasteiger partial charge in [0.1, 0.15) is 5.70 Å². The number of rotatable bonds is 3. The Morgan fingerprint density at radius 3 is 2.72 bits per heavy atom. The first-order valence-corrected chi connectivity index (χ1v) is 5.14. The van der Waals surface area contributed by atoms with Gasteiger partial charge < -0.3 is 26.0 Å². The highest BCUT2D eigenvalue weighted by Gasteiger charge is 2.12. The molecule has 6 heteroatoms. The molecule has 0 aromatic heterocycles. The summed E-state index contributed by atoms with van der Waals surface area (Å²) < 4.78 is 10.4. The Kier molecular flexibility index (Phi) is 3.09. The molecule has 2 rings (SSSR count). The minimum Gasteiger partial charge on any atom is -0.477 e. The number of allylic oxidation sites excluding steroid dienone is 1. The van der Waals surface area contributed by atoms with E-state index in [1.165, 1.54) is 6.08 Å². The lowest BCUT2D eigenvalue weighted by Gasteiger charge is -1.99. The molecule has 0 aliphatic carbocycles. The lowest BCUT2D eigenvalue weighted by Crippen LogP contribution is -2.16. The fourth-order valence-electron chi connectivity index (χ4n) is 1.42. The molecule has 5 N–H and O–H groups in total. The van der Waals surface area contributed by atoms with Crippen LogP contribution < -0.4 is 20.9 Å². The lowest BCUT2D eigenvalue weighted by molar-refractivity contribution is -0.132. The summed E-state index contributed by atoms with van der Waals surface area (Å²) in [6, 6.07) is 5.33. The van der Waals surface area contributed by atoms with Crippen LogP contribution in [0, 0.1) is 0 Å². The molecule has 0 fully saturated rings. The average Bonchev–Trinajstić information content (AvgIpc) is 2.82. The molecule has 1 aliphatic rings. The summed E-state index contributed by atoms with van der Waals surface area (Å²) >= 11 is 0. The maximum atomic E-state index is 10.6. The van der Waals surface area contributed by atoms with Crippen LogP contribution in [0.4, 0.5) is 0 Å². The van der Waals surface area contributed by atoms with Gasteiger partial charge in [-0.1, -0.05) is 12.1 Å². The number of aliphatic carboxylic acids is 1. The van der Waals surface area contributed by atoms with E-state index in [1.807, 2.05) is 0 Å². The fourth-order valence-corrected chi connectivity index (χ4v) is 1.42. The minimum absolute atomic E-state index is 0.000154. The third-order valence-corrected chi connectivity index (χ3v) is 2.39. The number of hydrogen-bond donors (Lipinski definition) is 3. The van der Waals surface area contributed by atoms with Gasteiger partial charge in [0.05, 0.1) is 5.70 Å². The molecular formula is C12H12N2O4. The molecular weight excluding hydrogens is 236 g/mol. The van der Waals surface area contributed by atoms with Crippen LogP contribution in [0.15, 0.2) is 35.7 Å². The molecule has 94 valence electrons. The maximum absolute atomic E-state index is 10.6. The highest BCUT2D eigenvalue weighted by Crippen LogP contribution is 2.32. The van der Waals surface area contributed by atoms with E-state index in [4.69, 9.17) is 26.0 Å². The molecule has 18 heavy (non-hydrogen) atoms. The topological polar surface area (TPSA) is 108 Å². The van der Waals surface area contributed by atoms with Gasteiger partial charge in [-0.2, -0.15) is 0 Å². The van der Waals surface area contributed by atoms with Gasteiger partial charge in [-0.25, -0.2) is 4.79 Å². The van der Waals surface area contributed by atoms with E-state index >= 15 is 0 Å². The number of benzene rings is 1. The van der Waals surface area contributed by atoms with Crippen molar-refractivity contribution >= 4 is 12.0 Å². The van der Waals surface area contributed by atoms with Gasteiger partial charge in [0.15, 0.2) is 11.5 Å². The van der Waals surface area contributed by atoms with E-state index in [0.29, 0.717) is 11.5 Å². The molecule has 1 aromatic rings. The average molecular weight is 248 g/mol. The predicted molar refractivity (Wildman–Crippen MR) is 64.6 cm³/mol. The van der Waals surface area contributed by atoms with Crippen molar-refractivity contribution in [2.75, 3.05) is 6.79 Å². The number of carbonyl (C=O) groups is 1. The summed E-state index contributed by atoms with van der Waals surface area (Å²) in [5.41, 5.74) is 11.2. The van der Waals surface area contributed by atoms with Crippen molar-refractivity contribution in [1.29, 1.82) is 0 Å². The second-order valence-electron chi connectivity index (χ2n) is 3.62. The van der Waals surface area contributed by atoms with Gasteiger partial charge in [-0.3, -0.25) is 0 Å². The highest BCUT2D eigenvalue weighted by atomic mass is 16.7. The maximum Gasteiger partial charge on any atom is 0.353 e. The number of nitrogens with two attached hydrogens (primary N) is 2. The van der Waals surface area contributed by atoms with Crippen molar-refractivity contribution in [2.45, 2.75) is 0 Å². The normalized spacial score (nSPS) is 14.7.